The summed E-state index contributed by atoms with van der Waals surface area (Å²) in [6, 6.07) is 15.0. The Morgan fingerprint density at radius 1 is 1.30 bits per heavy atom. The molecule has 3 aromatic rings. The summed E-state index contributed by atoms with van der Waals surface area (Å²) in [6.07, 6.45) is 0. The molecule has 6 nitrogen and oxygen atoms in total. The van der Waals surface area contributed by atoms with Crippen LogP contribution in [-0.2, 0) is 11.3 Å². The summed E-state index contributed by atoms with van der Waals surface area (Å²) in [5.41, 5.74) is 2.04. The number of H-pyrrole nitrogens is 1. The molecule has 0 fully saturated rings. The van der Waals surface area contributed by atoms with Crippen LogP contribution in [0.5, 0.6) is 5.75 Å². The van der Waals surface area contributed by atoms with Gasteiger partial charge in [0, 0.05) is 10.6 Å². The molecule has 0 unspecified atom stereocenters. The number of benzene rings is 2. The lowest BCUT2D eigenvalue weighted by atomic mass is 10.1. The summed E-state index contributed by atoms with van der Waals surface area (Å²) in [5, 5.41) is 10.4. The molecule has 1 aromatic heterocycles. The van der Waals surface area contributed by atoms with Gasteiger partial charge in [0.15, 0.2) is 10.6 Å². The zero-order valence-electron chi connectivity index (χ0n) is 14.7. The molecule has 1 heterocycles. The molecule has 0 aliphatic heterocycles. The second-order valence-corrected chi connectivity index (χ2v) is 6.78. The van der Waals surface area contributed by atoms with E-state index in [1.807, 2.05) is 43.3 Å². The van der Waals surface area contributed by atoms with Crippen molar-refractivity contribution in [2.24, 2.45) is 0 Å². The van der Waals surface area contributed by atoms with Gasteiger partial charge in [0.25, 0.3) is 0 Å². The zero-order chi connectivity index (χ0) is 19.2. The van der Waals surface area contributed by atoms with E-state index in [2.05, 4.69) is 15.5 Å². The Bertz CT molecular complexity index is 982. The van der Waals surface area contributed by atoms with E-state index in [-0.39, 0.29) is 12.5 Å². The number of ether oxygens (including phenoxy) is 1. The molecule has 0 aliphatic rings. The van der Waals surface area contributed by atoms with E-state index in [4.69, 9.17) is 28.6 Å². The van der Waals surface area contributed by atoms with Gasteiger partial charge in [0.1, 0.15) is 18.9 Å². The summed E-state index contributed by atoms with van der Waals surface area (Å²) in [6.45, 7) is 2.81. The molecule has 27 heavy (non-hydrogen) atoms. The first-order valence-corrected chi connectivity index (χ1v) is 9.19. The maximum Gasteiger partial charge on any atom is 0.240 e. The first kappa shape index (κ1) is 19.1. The Hall–Kier alpha value is -2.64. The lowest BCUT2D eigenvalue weighted by Crippen LogP contribution is -2.31. The molecular weight excluding hydrogens is 384 g/mol. The fraction of sp³-hybridized carbons (Fsp3) is 0.211. The summed E-state index contributed by atoms with van der Waals surface area (Å²) >= 11 is 11.2. The molecule has 0 saturated heterocycles. The first-order chi connectivity index (χ1) is 13.0. The van der Waals surface area contributed by atoms with E-state index in [0.717, 1.165) is 11.1 Å². The van der Waals surface area contributed by atoms with Gasteiger partial charge < -0.3 is 10.1 Å². The van der Waals surface area contributed by atoms with E-state index in [9.17, 15) is 4.79 Å². The van der Waals surface area contributed by atoms with E-state index < -0.39 is 0 Å². The molecule has 3 rings (SSSR count). The second kappa shape index (κ2) is 8.83. The highest BCUT2D eigenvalue weighted by atomic mass is 35.5. The van der Waals surface area contributed by atoms with Crippen molar-refractivity contribution in [3.8, 4) is 17.1 Å². The minimum atomic E-state index is -0.171. The van der Waals surface area contributed by atoms with Crippen molar-refractivity contribution < 1.29 is 9.53 Å². The predicted molar refractivity (Wildman–Crippen MR) is 108 cm³/mol. The summed E-state index contributed by atoms with van der Waals surface area (Å²) < 4.78 is 7.63. The number of hydrogen-bond donors (Lipinski definition) is 2. The van der Waals surface area contributed by atoms with Crippen LogP contribution in [-0.4, -0.2) is 33.8 Å². The van der Waals surface area contributed by atoms with E-state index >= 15 is 0 Å². The number of aromatic nitrogens is 3. The molecule has 0 bridgehead atoms. The van der Waals surface area contributed by atoms with Crippen molar-refractivity contribution in [2.75, 3.05) is 13.2 Å². The molecule has 8 heteroatoms. The SMILES string of the molecule is Cc1ccc(-c2n[nH]c(=S)n2CC(=O)NCCOc2cccc(Cl)c2)cc1. The summed E-state index contributed by atoms with van der Waals surface area (Å²) in [5.74, 6) is 1.12. The number of rotatable bonds is 7. The van der Waals surface area contributed by atoms with Crippen LogP contribution in [0.3, 0.4) is 0 Å². The van der Waals surface area contributed by atoms with Crippen molar-refractivity contribution in [2.45, 2.75) is 13.5 Å². The number of hydrogen-bond acceptors (Lipinski definition) is 4. The lowest BCUT2D eigenvalue weighted by Gasteiger charge is -2.10. The topological polar surface area (TPSA) is 71.9 Å². The van der Waals surface area contributed by atoms with Crippen molar-refractivity contribution >= 4 is 29.7 Å². The van der Waals surface area contributed by atoms with E-state index in [1.165, 1.54) is 0 Å². The summed E-state index contributed by atoms with van der Waals surface area (Å²) in [4.78, 5) is 12.3. The van der Waals surface area contributed by atoms with Crippen LogP contribution in [0.1, 0.15) is 5.56 Å². The van der Waals surface area contributed by atoms with Gasteiger partial charge in [-0.2, -0.15) is 5.10 Å². The normalized spacial score (nSPS) is 10.6. The molecule has 0 aliphatic carbocycles. The number of nitrogens with one attached hydrogen (secondary N) is 2. The fourth-order valence-electron chi connectivity index (χ4n) is 2.50. The number of aryl methyl sites for hydroxylation is 1. The Morgan fingerprint density at radius 3 is 2.81 bits per heavy atom. The molecule has 0 radical (unpaired) electrons. The molecule has 140 valence electrons. The van der Waals surface area contributed by atoms with Gasteiger partial charge in [0.05, 0.1) is 6.54 Å². The van der Waals surface area contributed by atoms with Crippen LogP contribution in [0.2, 0.25) is 5.02 Å². The highest BCUT2D eigenvalue weighted by Crippen LogP contribution is 2.18. The lowest BCUT2D eigenvalue weighted by molar-refractivity contribution is -0.121. The van der Waals surface area contributed by atoms with Gasteiger partial charge in [-0.05, 0) is 37.3 Å². The third-order valence-electron chi connectivity index (χ3n) is 3.86. The fourth-order valence-corrected chi connectivity index (χ4v) is 2.88. The van der Waals surface area contributed by atoms with E-state index in [1.54, 1.807) is 16.7 Å². The maximum atomic E-state index is 12.3. The molecule has 0 atom stereocenters. The van der Waals surface area contributed by atoms with Crippen molar-refractivity contribution in [1.29, 1.82) is 0 Å². The second-order valence-electron chi connectivity index (χ2n) is 5.96. The van der Waals surface area contributed by atoms with Crippen LogP contribution in [0.15, 0.2) is 48.5 Å². The number of carbonyl (C=O) groups is 1. The highest BCUT2D eigenvalue weighted by molar-refractivity contribution is 7.71. The third kappa shape index (κ3) is 5.18. The van der Waals surface area contributed by atoms with Gasteiger partial charge in [-0.3, -0.25) is 14.5 Å². The minimum Gasteiger partial charge on any atom is -0.492 e. The van der Waals surface area contributed by atoms with E-state index in [0.29, 0.717) is 34.5 Å². The standard InChI is InChI=1S/C19H19ClN4O2S/c1-13-5-7-14(8-6-13)18-22-23-19(27)24(18)12-17(25)21-9-10-26-16-4-2-3-15(20)11-16/h2-8,11H,9-10,12H2,1H3,(H,21,25)(H,23,27). The zero-order valence-corrected chi connectivity index (χ0v) is 16.3. The van der Waals surface area contributed by atoms with Gasteiger partial charge in [-0.15, -0.1) is 0 Å². The van der Waals surface area contributed by atoms with Crippen LogP contribution in [0.25, 0.3) is 11.4 Å². The number of aromatic amines is 1. The van der Waals surface area contributed by atoms with Crippen LogP contribution in [0, 0.1) is 11.7 Å². The largest absolute Gasteiger partial charge is 0.492 e. The Balaban J connectivity index is 1.56. The molecule has 2 aromatic carbocycles. The maximum absolute atomic E-state index is 12.3. The molecular formula is C19H19ClN4O2S. The summed E-state index contributed by atoms with van der Waals surface area (Å²) in [7, 11) is 0. The molecule has 1 amide bonds. The number of halogens is 1. The van der Waals surface area contributed by atoms with Crippen LogP contribution >= 0.6 is 23.8 Å². The Labute approximate surface area is 167 Å². The van der Waals surface area contributed by atoms with Gasteiger partial charge in [0.2, 0.25) is 5.91 Å². The first-order valence-electron chi connectivity index (χ1n) is 8.40. The average Bonchev–Trinajstić information content (AvgIpc) is 3.00. The number of nitrogens with zero attached hydrogens (tertiary/aromatic N) is 2. The monoisotopic (exact) mass is 402 g/mol. The molecule has 2 N–H and O–H groups in total. The predicted octanol–water partition coefficient (Wildman–Crippen LogP) is 3.76. The Morgan fingerprint density at radius 2 is 2.07 bits per heavy atom. The van der Waals surface area contributed by atoms with Crippen molar-refractivity contribution in [3.63, 3.8) is 0 Å². The van der Waals surface area contributed by atoms with Gasteiger partial charge in [-0.1, -0.05) is 47.5 Å². The quantitative estimate of drug-likeness (QED) is 0.466. The molecule has 0 spiro atoms. The third-order valence-corrected chi connectivity index (χ3v) is 4.41. The van der Waals surface area contributed by atoms with Crippen molar-refractivity contribution in [3.05, 3.63) is 63.9 Å². The average molecular weight is 403 g/mol. The number of amides is 1. The van der Waals surface area contributed by atoms with Crippen LogP contribution < -0.4 is 10.1 Å². The van der Waals surface area contributed by atoms with Crippen molar-refractivity contribution in [1.82, 2.24) is 20.1 Å². The highest BCUT2D eigenvalue weighted by Gasteiger charge is 2.12. The van der Waals surface area contributed by atoms with Gasteiger partial charge in [-0.25, -0.2) is 0 Å². The Kier molecular flexibility index (Phi) is 6.26. The van der Waals surface area contributed by atoms with Gasteiger partial charge >= 0.3 is 0 Å². The smallest absolute Gasteiger partial charge is 0.240 e. The number of carbonyl (C=O) groups excluding carboxylic acids is 1. The van der Waals surface area contributed by atoms with Crippen LogP contribution in [0.4, 0.5) is 0 Å². The molecule has 0 saturated carbocycles. The minimum absolute atomic E-state index is 0.0791.